The average Bonchev–Trinajstić information content (AvgIpc) is 2.92. The largest absolute Gasteiger partial charge is 0.461 e. The Morgan fingerprint density at radius 1 is 1.29 bits per heavy atom. The van der Waals surface area contributed by atoms with Crippen molar-refractivity contribution in [1.29, 1.82) is 0 Å². The van der Waals surface area contributed by atoms with Crippen LogP contribution in [0.4, 0.5) is 8.78 Å². The van der Waals surface area contributed by atoms with Crippen LogP contribution in [-0.4, -0.2) is 27.3 Å². The zero-order valence-corrected chi connectivity index (χ0v) is 13.0. The van der Waals surface area contributed by atoms with Crippen LogP contribution in [0.25, 0.3) is 11.0 Å². The summed E-state index contributed by atoms with van der Waals surface area (Å²) in [5.41, 5.74) is 0.659. The van der Waals surface area contributed by atoms with E-state index in [1.165, 1.54) is 16.8 Å². The topological polar surface area (TPSA) is 57.0 Å². The zero-order chi connectivity index (χ0) is 17.1. The Hall–Kier alpha value is -2.83. The highest BCUT2D eigenvalue weighted by Crippen LogP contribution is 2.20. The number of rotatable bonds is 5. The molecule has 0 bridgehead atoms. The van der Waals surface area contributed by atoms with Crippen molar-refractivity contribution in [2.45, 2.75) is 19.9 Å². The quantitative estimate of drug-likeness (QED) is 0.673. The van der Waals surface area contributed by atoms with Crippen molar-refractivity contribution in [2.75, 3.05) is 6.61 Å². The minimum atomic E-state index is -0.651. The zero-order valence-electron chi connectivity index (χ0n) is 13.0. The Kier molecular flexibility index (Phi) is 4.50. The summed E-state index contributed by atoms with van der Waals surface area (Å²) in [5, 5.41) is 4.41. The Bertz CT molecular complexity index is 893. The maximum atomic E-state index is 13.9. The molecule has 2 heterocycles. The van der Waals surface area contributed by atoms with E-state index >= 15 is 0 Å². The minimum absolute atomic E-state index is 0.0261. The summed E-state index contributed by atoms with van der Waals surface area (Å²) >= 11 is 0. The molecule has 0 saturated heterocycles. The molecule has 3 aromatic rings. The summed E-state index contributed by atoms with van der Waals surface area (Å²) in [5.74, 6) is -1.63. The summed E-state index contributed by atoms with van der Waals surface area (Å²) < 4.78 is 33.8. The summed E-state index contributed by atoms with van der Waals surface area (Å²) in [6.07, 6.45) is 1.69. The van der Waals surface area contributed by atoms with Crippen LogP contribution in [0.1, 0.15) is 29.4 Å². The minimum Gasteiger partial charge on any atom is -0.461 e. The number of ether oxygens (including phenoxy) is 1. The van der Waals surface area contributed by atoms with Crippen LogP contribution >= 0.6 is 0 Å². The van der Waals surface area contributed by atoms with Gasteiger partial charge in [-0.05, 0) is 18.6 Å². The first-order valence-electron chi connectivity index (χ1n) is 7.52. The van der Waals surface area contributed by atoms with Crippen LogP contribution in [0.3, 0.4) is 0 Å². The van der Waals surface area contributed by atoms with Gasteiger partial charge in [0, 0.05) is 5.56 Å². The van der Waals surface area contributed by atoms with Crippen molar-refractivity contribution in [3.8, 4) is 0 Å². The molecule has 0 unspecified atom stereocenters. The molecule has 124 valence electrons. The Morgan fingerprint density at radius 2 is 2.08 bits per heavy atom. The van der Waals surface area contributed by atoms with Crippen molar-refractivity contribution in [2.24, 2.45) is 0 Å². The standard InChI is InChI=1S/C17H15F2N3O2/c1-2-7-24-17(23)15-13-8-12(18)9-20-16(13)22(21-15)10-11-5-3-4-6-14(11)19/h3-6,8-9H,2,7,10H2,1H3. The van der Waals surface area contributed by atoms with Gasteiger partial charge in [-0.15, -0.1) is 0 Å². The van der Waals surface area contributed by atoms with Gasteiger partial charge in [-0.1, -0.05) is 25.1 Å². The van der Waals surface area contributed by atoms with Gasteiger partial charge in [0.15, 0.2) is 11.3 Å². The molecule has 0 spiro atoms. The molecule has 0 radical (unpaired) electrons. The van der Waals surface area contributed by atoms with Gasteiger partial charge in [-0.2, -0.15) is 5.10 Å². The van der Waals surface area contributed by atoms with Crippen LogP contribution in [0, 0.1) is 11.6 Å². The highest BCUT2D eigenvalue weighted by Gasteiger charge is 2.20. The fourth-order valence-electron chi connectivity index (χ4n) is 2.35. The lowest BCUT2D eigenvalue weighted by atomic mass is 10.2. The lowest BCUT2D eigenvalue weighted by Gasteiger charge is -2.04. The van der Waals surface area contributed by atoms with E-state index in [9.17, 15) is 13.6 Å². The molecule has 1 aromatic carbocycles. The number of esters is 1. The molecule has 0 amide bonds. The molecule has 0 N–H and O–H groups in total. The first-order valence-corrected chi connectivity index (χ1v) is 7.52. The summed E-state index contributed by atoms with van der Waals surface area (Å²) in [7, 11) is 0. The number of aromatic nitrogens is 3. The van der Waals surface area contributed by atoms with Crippen LogP contribution < -0.4 is 0 Å². The number of fused-ring (bicyclic) bond motifs is 1. The number of hydrogen-bond donors (Lipinski definition) is 0. The summed E-state index contributed by atoms with van der Waals surface area (Å²) in [4.78, 5) is 16.1. The third-order valence-corrected chi connectivity index (χ3v) is 3.46. The van der Waals surface area contributed by atoms with Gasteiger partial charge >= 0.3 is 5.97 Å². The monoisotopic (exact) mass is 331 g/mol. The second kappa shape index (κ2) is 6.74. The number of benzene rings is 1. The SMILES string of the molecule is CCCOC(=O)c1nn(Cc2ccccc2F)c2ncc(F)cc12. The van der Waals surface area contributed by atoms with Gasteiger partial charge in [0.05, 0.1) is 24.7 Å². The van der Waals surface area contributed by atoms with E-state index < -0.39 is 17.6 Å². The Morgan fingerprint density at radius 3 is 2.83 bits per heavy atom. The molecule has 5 nitrogen and oxygen atoms in total. The molecule has 0 fully saturated rings. The smallest absolute Gasteiger partial charge is 0.359 e. The highest BCUT2D eigenvalue weighted by atomic mass is 19.1. The summed E-state index contributed by atoms with van der Waals surface area (Å²) in [6.45, 7) is 2.18. The lowest BCUT2D eigenvalue weighted by molar-refractivity contribution is 0.0499. The third kappa shape index (κ3) is 3.10. The Labute approximate surface area is 136 Å². The normalized spacial score (nSPS) is 11.0. The van der Waals surface area contributed by atoms with Crippen molar-refractivity contribution >= 4 is 17.0 Å². The number of carbonyl (C=O) groups excluding carboxylic acids is 1. The first kappa shape index (κ1) is 16.0. The number of hydrogen-bond acceptors (Lipinski definition) is 4. The van der Waals surface area contributed by atoms with Gasteiger partial charge in [0.2, 0.25) is 0 Å². The van der Waals surface area contributed by atoms with E-state index in [0.29, 0.717) is 17.6 Å². The molecule has 0 aliphatic heterocycles. The van der Waals surface area contributed by atoms with Gasteiger partial charge in [0.25, 0.3) is 0 Å². The molecule has 3 rings (SSSR count). The van der Waals surface area contributed by atoms with Crippen molar-refractivity contribution in [3.63, 3.8) is 0 Å². The van der Waals surface area contributed by atoms with Crippen molar-refractivity contribution < 1.29 is 18.3 Å². The van der Waals surface area contributed by atoms with Crippen molar-refractivity contribution in [1.82, 2.24) is 14.8 Å². The fourth-order valence-corrected chi connectivity index (χ4v) is 2.35. The van der Waals surface area contributed by atoms with Crippen LogP contribution in [-0.2, 0) is 11.3 Å². The molecule has 0 aliphatic rings. The lowest BCUT2D eigenvalue weighted by Crippen LogP contribution is -2.09. The van der Waals surface area contributed by atoms with E-state index in [1.807, 2.05) is 6.92 Å². The van der Waals surface area contributed by atoms with Gasteiger partial charge in [0.1, 0.15) is 11.6 Å². The average molecular weight is 331 g/mol. The Balaban J connectivity index is 2.05. The molecule has 0 aliphatic carbocycles. The third-order valence-electron chi connectivity index (χ3n) is 3.46. The first-order chi connectivity index (χ1) is 11.6. The number of carbonyl (C=O) groups is 1. The van der Waals surface area contributed by atoms with Gasteiger partial charge in [-0.3, -0.25) is 0 Å². The second-order valence-electron chi connectivity index (χ2n) is 5.26. The van der Waals surface area contributed by atoms with Gasteiger partial charge in [-0.25, -0.2) is 23.2 Å². The molecular weight excluding hydrogens is 316 g/mol. The molecule has 2 aromatic heterocycles. The molecule has 7 heteroatoms. The van der Waals surface area contributed by atoms with E-state index in [-0.39, 0.29) is 24.2 Å². The number of halogens is 2. The molecule has 0 saturated carbocycles. The van der Waals surface area contributed by atoms with Crippen molar-refractivity contribution in [3.05, 3.63) is 59.4 Å². The van der Waals surface area contributed by atoms with E-state index in [4.69, 9.17) is 4.74 Å². The van der Waals surface area contributed by atoms with E-state index in [0.717, 1.165) is 6.20 Å². The molecule has 0 atom stereocenters. The predicted molar refractivity (Wildman–Crippen MR) is 83.6 cm³/mol. The fraction of sp³-hybridized carbons (Fsp3) is 0.235. The maximum Gasteiger partial charge on any atom is 0.359 e. The molecular formula is C17H15F2N3O2. The second-order valence-corrected chi connectivity index (χ2v) is 5.26. The van der Waals surface area contributed by atoms with E-state index in [2.05, 4.69) is 10.1 Å². The number of nitrogens with zero attached hydrogens (tertiary/aromatic N) is 3. The van der Waals surface area contributed by atoms with Gasteiger partial charge < -0.3 is 4.74 Å². The summed E-state index contributed by atoms with van der Waals surface area (Å²) in [6, 6.07) is 7.41. The van der Waals surface area contributed by atoms with Crippen LogP contribution in [0.2, 0.25) is 0 Å². The predicted octanol–water partition coefficient (Wildman–Crippen LogP) is 3.32. The maximum absolute atomic E-state index is 13.9. The molecule has 24 heavy (non-hydrogen) atoms. The van der Waals surface area contributed by atoms with Crippen LogP contribution in [0.5, 0.6) is 0 Å². The van der Waals surface area contributed by atoms with Crippen LogP contribution in [0.15, 0.2) is 36.5 Å². The van der Waals surface area contributed by atoms with E-state index in [1.54, 1.807) is 18.2 Å². The highest BCUT2D eigenvalue weighted by molar-refractivity contribution is 6.01. The number of pyridine rings is 1.